The summed E-state index contributed by atoms with van der Waals surface area (Å²) in [4.78, 5) is 12.7. The number of hydrogen-bond acceptors (Lipinski definition) is 1. The molecule has 0 saturated heterocycles. The second-order valence-corrected chi connectivity index (χ2v) is 7.45. The van der Waals surface area contributed by atoms with Gasteiger partial charge < -0.3 is 5.32 Å². The van der Waals surface area contributed by atoms with Crippen molar-refractivity contribution in [2.24, 2.45) is 5.92 Å². The summed E-state index contributed by atoms with van der Waals surface area (Å²) >= 11 is 0. The van der Waals surface area contributed by atoms with E-state index in [1.807, 2.05) is 25.1 Å². The molecule has 2 aromatic carbocycles. The maximum Gasteiger partial charge on any atom is 0.231 e. The molecular weight excluding hydrogens is 306 g/mol. The van der Waals surface area contributed by atoms with Gasteiger partial charge in [0.2, 0.25) is 5.91 Å². The van der Waals surface area contributed by atoms with Gasteiger partial charge in [0.25, 0.3) is 0 Å². The van der Waals surface area contributed by atoms with Gasteiger partial charge in [0.1, 0.15) is 0 Å². The Balaban J connectivity index is 2.10. The molecule has 0 aromatic heterocycles. The van der Waals surface area contributed by atoms with Crippen LogP contribution in [0.3, 0.4) is 0 Å². The molecule has 2 heteroatoms. The average molecular weight is 338 g/mol. The van der Waals surface area contributed by atoms with Crippen LogP contribution in [0.4, 0.5) is 5.69 Å². The first kappa shape index (κ1) is 19.2. The Kier molecular flexibility index (Phi) is 6.81. The lowest BCUT2D eigenvalue weighted by molar-refractivity contribution is -0.117. The first-order valence-corrected chi connectivity index (χ1v) is 9.41. The van der Waals surface area contributed by atoms with E-state index in [-0.39, 0.29) is 11.8 Å². The topological polar surface area (TPSA) is 29.1 Å². The molecule has 134 valence electrons. The highest BCUT2D eigenvalue weighted by molar-refractivity contribution is 5.96. The Hall–Kier alpha value is -2.09. The normalized spacial score (nSPS) is 13.5. The second kappa shape index (κ2) is 8.84. The standard InChI is InChI=1S/C23H31NO/c1-6-17(4)21-9-7-8-10-22(21)24-23(25)18(5)20-13-11-19(12-14-20)15-16(2)3/h7-14,16-18H,6,15H2,1-5H3,(H,24,25). The van der Waals surface area contributed by atoms with Gasteiger partial charge in [0.05, 0.1) is 5.92 Å². The van der Waals surface area contributed by atoms with E-state index < -0.39 is 0 Å². The van der Waals surface area contributed by atoms with Gasteiger partial charge in [-0.3, -0.25) is 4.79 Å². The van der Waals surface area contributed by atoms with Crippen LogP contribution in [-0.4, -0.2) is 5.91 Å². The van der Waals surface area contributed by atoms with Gasteiger partial charge in [-0.1, -0.05) is 70.2 Å². The van der Waals surface area contributed by atoms with E-state index in [0.717, 1.165) is 24.1 Å². The zero-order chi connectivity index (χ0) is 18.4. The molecule has 2 rings (SSSR count). The molecular formula is C23H31NO. The van der Waals surface area contributed by atoms with Crippen molar-refractivity contribution in [2.75, 3.05) is 5.32 Å². The molecule has 0 radical (unpaired) electrons. The number of benzene rings is 2. The minimum Gasteiger partial charge on any atom is -0.325 e. The van der Waals surface area contributed by atoms with Gasteiger partial charge in [-0.15, -0.1) is 0 Å². The summed E-state index contributed by atoms with van der Waals surface area (Å²) in [6.07, 6.45) is 2.13. The zero-order valence-corrected chi connectivity index (χ0v) is 16.2. The SMILES string of the molecule is CCC(C)c1ccccc1NC(=O)C(C)c1ccc(CC(C)C)cc1. The van der Waals surface area contributed by atoms with E-state index in [1.54, 1.807) is 0 Å². The van der Waals surface area contributed by atoms with Crippen molar-refractivity contribution in [1.29, 1.82) is 0 Å². The lowest BCUT2D eigenvalue weighted by Gasteiger charge is -2.18. The number of para-hydroxylation sites is 1. The van der Waals surface area contributed by atoms with Crippen LogP contribution < -0.4 is 5.32 Å². The van der Waals surface area contributed by atoms with Gasteiger partial charge in [0, 0.05) is 5.69 Å². The second-order valence-electron chi connectivity index (χ2n) is 7.45. The van der Waals surface area contributed by atoms with Gasteiger partial charge in [0.15, 0.2) is 0 Å². The molecule has 2 unspecified atom stereocenters. The largest absolute Gasteiger partial charge is 0.325 e. The van der Waals surface area contributed by atoms with Crippen LogP contribution in [0.15, 0.2) is 48.5 Å². The Labute approximate surface area is 152 Å². The van der Waals surface area contributed by atoms with Gasteiger partial charge in [-0.25, -0.2) is 0 Å². The van der Waals surface area contributed by atoms with Crippen LogP contribution in [0.25, 0.3) is 0 Å². The summed E-state index contributed by atoms with van der Waals surface area (Å²) in [7, 11) is 0. The third kappa shape index (κ3) is 5.19. The number of nitrogens with one attached hydrogen (secondary N) is 1. The van der Waals surface area contributed by atoms with Crippen molar-refractivity contribution in [1.82, 2.24) is 0 Å². The average Bonchev–Trinajstić information content (AvgIpc) is 2.61. The van der Waals surface area contributed by atoms with Crippen molar-refractivity contribution in [3.05, 3.63) is 65.2 Å². The van der Waals surface area contributed by atoms with E-state index in [1.165, 1.54) is 11.1 Å². The summed E-state index contributed by atoms with van der Waals surface area (Å²) < 4.78 is 0. The highest BCUT2D eigenvalue weighted by atomic mass is 16.1. The van der Waals surface area contributed by atoms with Crippen LogP contribution in [0, 0.1) is 5.92 Å². The third-order valence-corrected chi connectivity index (χ3v) is 4.88. The molecule has 0 aliphatic rings. The van der Waals surface area contributed by atoms with Gasteiger partial charge in [-0.2, -0.15) is 0 Å². The fraction of sp³-hybridized carbons (Fsp3) is 0.435. The van der Waals surface area contributed by atoms with E-state index in [9.17, 15) is 4.79 Å². The number of anilines is 1. The van der Waals surface area contributed by atoms with Crippen molar-refractivity contribution in [3.63, 3.8) is 0 Å². The van der Waals surface area contributed by atoms with Gasteiger partial charge >= 0.3 is 0 Å². The quantitative estimate of drug-likeness (QED) is 0.646. The molecule has 0 aliphatic carbocycles. The molecule has 0 aliphatic heterocycles. The summed E-state index contributed by atoms with van der Waals surface area (Å²) in [5.74, 6) is 0.955. The summed E-state index contributed by atoms with van der Waals surface area (Å²) in [5, 5.41) is 3.13. The highest BCUT2D eigenvalue weighted by Crippen LogP contribution is 2.28. The predicted octanol–water partition coefficient (Wildman–Crippen LogP) is 6.14. The Morgan fingerprint density at radius 1 is 0.960 bits per heavy atom. The molecule has 2 nitrogen and oxygen atoms in total. The number of carbonyl (C=O) groups excluding carboxylic acids is 1. The van der Waals surface area contributed by atoms with Crippen molar-refractivity contribution < 1.29 is 4.79 Å². The molecule has 2 aromatic rings. The highest BCUT2D eigenvalue weighted by Gasteiger charge is 2.17. The summed E-state index contributed by atoms with van der Waals surface area (Å²) in [5.41, 5.74) is 4.53. The molecule has 0 heterocycles. The molecule has 0 spiro atoms. The first-order chi connectivity index (χ1) is 11.9. The number of carbonyl (C=O) groups is 1. The van der Waals surface area contributed by atoms with E-state index in [4.69, 9.17) is 0 Å². The van der Waals surface area contributed by atoms with Crippen LogP contribution >= 0.6 is 0 Å². The number of amides is 1. The van der Waals surface area contributed by atoms with Crippen LogP contribution in [0.5, 0.6) is 0 Å². The van der Waals surface area contributed by atoms with Crippen molar-refractivity contribution >= 4 is 11.6 Å². The molecule has 1 amide bonds. The minimum absolute atomic E-state index is 0.0485. The summed E-state index contributed by atoms with van der Waals surface area (Å²) in [6, 6.07) is 16.6. The lowest BCUT2D eigenvalue weighted by Crippen LogP contribution is -2.20. The van der Waals surface area contributed by atoms with Crippen molar-refractivity contribution in [2.45, 2.75) is 59.3 Å². The van der Waals surface area contributed by atoms with E-state index in [0.29, 0.717) is 11.8 Å². The summed E-state index contributed by atoms with van der Waals surface area (Å²) in [6.45, 7) is 10.8. The molecule has 0 fully saturated rings. The van der Waals surface area contributed by atoms with E-state index >= 15 is 0 Å². The Morgan fingerprint density at radius 2 is 1.60 bits per heavy atom. The van der Waals surface area contributed by atoms with Crippen LogP contribution in [-0.2, 0) is 11.2 Å². The van der Waals surface area contributed by atoms with Crippen LogP contribution in [0.2, 0.25) is 0 Å². The lowest BCUT2D eigenvalue weighted by atomic mass is 9.95. The number of hydrogen-bond donors (Lipinski definition) is 1. The van der Waals surface area contributed by atoms with E-state index in [2.05, 4.69) is 63.3 Å². The first-order valence-electron chi connectivity index (χ1n) is 9.41. The molecule has 1 N–H and O–H groups in total. The van der Waals surface area contributed by atoms with Gasteiger partial charge in [-0.05, 0) is 54.4 Å². The maximum atomic E-state index is 12.7. The fourth-order valence-electron chi connectivity index (χ4n) is 3.07. The molecule has 0 saturated carbocycles. The smallest absolute Gasteiger partial charge is 0.231 e. The van der Waals surface area contributed by atoms with Crippen molar-refractivity contribution in [3.8, 4) is 0 Å². The fourth-order valence-corrected chi connectivity index (χ4v) is 3.07. The van der Waals surface area contributed by atoms with Crippen LogP contribution in [0.1, 0.15) is 69.6 Å². The maximum absolute atomic E-state index is 12.7. The molecule has 25 heavy (non-hydrogen) atoms. The zero-order valence-electron chi connectivity index (χ0n) is 16.2. The third-order valence-electron chi connectivity index (χ3n) is 4.88. The number of rotatable bonds is 7. The Bertz CT molecular complexity index is 687. The molecule has 2 atom stereocenters. The monoisotopic (exact) mass is 337 g/mol. The minimum atomic E-state index is -0.168. The predicted molar refractivity (Wildman–Crippen MR) is 107 cm³/mol. The Morgan fingerprint density at radius 3 is 2.20 bits per heavy atom. The molecule has 0 bridgehead atoms.